The van der Waals surface area contributed by atoms with E-state index in [1.807, 2.05) is 6.92 Å². The van der Waals surface area contributed by atoms with Gasteiger partial charge in [0.1, 0.15) is 5.75 Å². The summed E-state index contributed by atoms with van der Waals surface area (Å²) in [4.78, 5) is 12.6. The molecule has 0 unspecified atom stereocenters. The number of carbonyl (C=O) groups excluding carboxylic acids is 1. The predicted molar refractivity (Wildman–Crippen MR) is 99.3 cm³/mol. The predicted octanol–water partition coefficient (Wildman–Crippen LogP) is 3.87. The summed E-state index contributed by atoms with van der Waals surface area (Å²) in [5.74, 6) is 1.70. The third kappa shape index (κ3) is 3.41. The van der Waals surface area contributed by atoms with Crippen molar-refractivity contribution in [1.82, 2.24) is 0 Å². The van der Waals surface area contributed by atoms with Crippen LogP contribution in [0.15, 0.2) is 35.4 Å². The SMILES string of the molecule is CCOc1ccc(C(=O)C(Cl)=Cc2ccc3c(c2OC)OCO3)cc1N. The highest BCUT2D eigenvalue weighted by molar-refractivity contribution is 6.47. The molecule has 0 bridgehead atoms. The van der Waals surface area contributed by atoms with Crippen molar-refractivity contribution in [2.45, 2.75) is 6.92 Å². The zero-order valence-corrected chi connectivity index (χ0v) is 15.1. The van der Waals surface area contributed by atoms with Gasteiger partial charge in [-0.25, -0.2) is 0 Å². The van der Waals surface area contributed by atoms with Gasteiger partial charge in [0.15, 0.2) is 11.5 Å². The maximum absolute atomic E-state index is 12.6. The topological polar surface area (TPSA) is 80.0 Å². The summed E-state index contributed by atoms with van der Waals surface area (Å²) in [7, 11) is 1.51. The van der Waals surface area contributed by atoms with Crippen LogP contribution in [0.4, 0.5) is 5.69 Å². The molecule has 2 N–H and O–H groups in total. The number of carbonyl (C=O) groups is 1. The van der Waals surface area contributed by atoms with Crippen molar-refractivity contribution in [3.63, 3.8) is 0 Å². The molecule has 0 atom stereocenters. The quantitative estimate of drug-likeness (QED) is 0.469. The van der Waals surface area contributed by atoms with Gasteiger partial charge in [0, 0.05) is 11.1 Å². The van der Waals surface area contributed by atoms with Crippen molar-refractivity contribution < 1.29 is 23.7 Å². The molecule has 3 rings (SSSR count). The zero-order chi connectivity index (χ0) is 18.7. The molecule has 0 radical (unpaired) electrons. The molecular formula is C19H18ClNO5. The first-order valence-electron chi connectivity index (χ1n) is 7.96. The lowest BCUT2D eigenvalue weighted by Gasteiger charge is -2.10. The number of rotatable bonds is 6. The number of nitrogens with two attached hydrogens (primary N) is 1. The molecule has 6 nitrogen and oxygen atoms in total. The molecule has 0 fully saturated rings. The lowest BCUT2D eigenvalue weighted by molar-refractivity contribution is 0.104. The Morgan fingerprint density at radius 2 is 2.12 bits per heavy atom. The minimum absolute atomic E-state index is 0.0192. The summed E-state index contributed by atoms with van der Waals surface area (Å²) < 4.78 is 21.5. The van der Waals surface area contributed by atoms with E-state index in [1.165, 1.54) is 13.2 Å². The van der Waals surface area contributed by atoms with Gasteiger partial charge in [0.2, 0.25) is 18.3 Å². The Labute approximate surface area is 156 Å². The Bertz CT molecular complexity index is 878. The van der Waals surface area contributed by atoms with E-state index in [0.717, 1.165) is 0 Å². The molecule has 1 aliphatic heterocycles. The largest absolute Gasteiger partial charge is 0.492 e. The van der Waals surface area contributed by atoms with E-state index in [9.17, 15) is 4.79 Å². The number of fused-ring (bicyclic) bond motifs is 1. The molecule has 136 valence electrons. The van der Waals surface area contributed by atoms with Crippen molar-refractivity contribution in [3.8, 4) is 23.0 Å². The van der Waals surface area contributed by atoms with Crippen LogP contribution in [0.1, 0.15) is 22.8 Å². The molecule has 0 aromatic heterocycles. The van der Waals surface area contributed by atoms with E-state index >= 15 is 0 Å². The lowest BCUT2D eigenvalue weighted by Crippen LogP contribution is -2.03. The molecular weight excluding hydrogens is 358 g/mol. The number of halogens is 1. The Morgan fingerprint density at radius 3 is 2.81 bits per heavy atom. The molecule has 2 aromatic carbocycles. The first kappa shape index (κ1) is 17.9. The summed E-state index contributed by atoms with van der Waals surface area (Å²) in [5, 5.41) is 0.0192. The van der Waals surface area contributed by atoms with E-state index < -0.39 is 0 Å². The van der Waals surface area contributed by atoms with Crippen LogP contribution in [0.5, 0.6) is 23.0 Å². The van der Waals surface area contributed by atoms with Crippen LogP contribution in [-0.4, -0.2) is 26.3 Å². The Kier molecular flexibility index (Phi) is 5.23. The molecule has 0 spiro atoms. The number of anilines is 1. The van der Waals surface area contributed by atoms with Crippen LogP contribution in [0.25, 0.3) is 6.08 Å². The minimum Gasteiger partial charge on any atom is -0.492 e. The Hall–Kier alpha value is -2.86. The average molecular weight is 376 g/mol. The highest BCUT2D eigenvalue weighted by Crippen LogP contribution is 2.44. The number of hydrogen-bond donors (Lipinski definition) is 1. The highest BCUT2D eigenvalue weighted by Gasteiger charge is 2.22. The molecule has 1 aliphatic rings. The molecule has 0 saturated carbocycles. The second-order valence-corrected chi connectivity index (χ2v) is 5.84. The maximum atomic E-state index is 12.6. The van der Waals surface area contributed by atoms with Gasteiger partial charge in [-0.3, -0.25) is 4.79 Å². The van der Waals surface area contributed by atoms with Crippen LogP contribution in [0.3, 0.4) is 0 Å². The normalized spacial score (nSPS) is 12.8. The van der Waals surface area contributed by atoms with Gasteiger partial charge in [0.05, 0.1) is 24.4 Å². The molecule has 7 heteroatoms. The second-order valence-electron chi connectivity index (χ2n) is 5.43. The van der Waals surface area contributed by atoms with E-state index in [-0.39, 0.29) is 17.6 Å². The van der Waals surface area contributed by atoms with Crippen LogP contribution in [-0.2, 0) is 0 Å². The number of hydrogen-bond acceptors (Lipinski definition) is 6. The molecule has 1 heterocycles. The molecule has 0 aliphatic carbocycles. The van der Waals surface area contributed by atoms with Crippen molar-refractivity contribution >= 4 is 29.1 Å². The fraction of sp³-hybridized carbons (Fsp3) is 0.211. The van der Waals surface area contributed by atoms with Gasteiger partial charge in [-0.1, -0.05) is 11.6 Å². The Balaban J connectivity index is 1.90. The first-order chi connectivity index (χ1) is 12.5. The summed E-state index contributed by atoms with van der Waals surface area (Å²) in [5.41, 5.74) is 7.27. The summed E-state index contributed by atoms with van der Waals surface area (Å²) in [6.07, 6.45) is 1.53. The maximum Gasteiger partial charge on any atom is 0.231 e. The summed E-state index contributed by atoms with van der Waals surface area (Å²) in [6.45, 7) is 2.47. The van der Waals surface area contributed by atoms with E-state index in [1.54, 1.807) is 30.3 Å². The first-order valence-corrected chi connectivity index (χ1v) is 8.33. The second kappa shape index (κ2) is 7.58. The number of ether oxygens (including phenoxy) is 4. The van der Waals surface area contributed by atoms with E-state index in [2.05, 4.69) is 0 Å². The van der Waals surface area contributed by atoms with Gasteiger partial charge in [0.25, 0.3) is 0 Å². The van der Waals surface area contributed by atoms with Crippen molar-refractivity contribution in [2.24, 2.45) is 0 Å². The Morgan fingerprint density at radius 1 is 1.31 bits per heavy atom. The van der Waals surface area contributed by atoms with E-state index in [4.69, 9.17) is 36.3 Å². The fourth-order valence-electron chi connectivity index (χ4n) is 2.60. The van der Waals surface area contributed by atoms with Crippen molar-refractivity contribution in [3.05, 3.63) is 46.5 Å². The van der Waals surface area contributed by atoms with Crippen LogP contribution >= 0.6 is 11.6 Å². The summed E-state index contributed by atoms with van der Waals surface area (Å²) in [6, 6.07) is 8.29. The zero-order valence-electron chi connectivity index (χ0n) is 14.4. The number of nitrogen functional groups attached to an aromatic ring is 1. The van der Waals surface area contributed by atoms with Crippen molar-refractivity contribution in [1.29, 1.82) is 0 Å². The summed E-state index contributed by atoms with van der Waals surface area (Å²) >= 11 is 6.25. The van der Waals surface area contributed by atoms with Crippen molar-refractivity contribution in [2.75, 3.05) is 26.2 Å². The van der Waals surface area contributed by atoms with Gasteiger partial charge < -0.3 is 24.7 Å². The van der Waals surface area contributed by atoms with Gasteiger partial charge in [-0.05, 0) is 43.3 Å². The lowest BCUT2D eigenvalue weighted by atomic mass is 10.1. The third-order valence-corrected chi connectivity index (χ3v) is 4.08. The third-order valence-electron chi connectivity index (χ3n) is 3.80. The molecule has 0 saturated heterocycles. The average Bonchev–Trinajstić information content (AvgIpc) is 3.11. The van der Waals surface area contributed by atoms with E-state index in [0.29, 0.717) is 46.4 Å². The van der Waals surface area contributed by atoms with Crippen LogP contribution < -0.4 is 24.7 Å². The van der Waals surface area contributed by atoms with Crippen LogP contribution in [0.2, 0.25) is 0 Å². The molecule has 26 heavy (non-hydrogen) atoms. The molecule has 2 aromatic rings. The number of methoxy groups -OCH3 is 1. The highest BCUT2D eigenvalue weighted by atomic mass is 35.5. The number of benzene rings is 2. The fourth-order valence-corrected chi connectivity index (χ4v) is 2.83. The monoisotopic (exact) mass is 375 g/mol. The van der Waals surface area contributed by atoms with Gasteiger partial charge >= 0.3 is 0 Å². The standard InChI is InChI=1S/C19H18ClNO5/c1-3-24-15-6-4-11(9-14(15)21)17(22)13(20)8-12-5-7-16-19(18(12)23-2)26-10-25-16/h4-9H,3,10,21H2,1-2H3. The molecule has 0 amide bonds. The number of allylic oxidation sites excluding steroid dienone is 1. The van der Waals surface area contributed by atoms with Gasteiger partial charge in [-0.2, -0.15) is 0 Å². The van der Waals surface area contributed by atoms with Gasteiger partial charge in [-0.15, -0.1) is 0 Å². The minimum atomic E-state index is -0.360. The number of Topliss-reactive ketones (excluding diaryl/α,β-unsaturated/α-hetero) is 1. The smallest absolute Gasteiger partial charge is 0.231 e. The van der Waals surface area contributed by atoms with Crippen LogP contribution in [0, 0.1) is 0 Å². The number of ketones is 1.